The molecule has 2 unspecified atom stereocenters. The molecule has 0 N–H and O–H groups in total. The molecule has 1 spiro atoms. The first kappa shape index (κ1) is 12.6. The first-order chi connectivity index (χ1) is 8.99. The predicted molar refractivity (Wildman–Crippen MR) is 70.0 cm³/mol. The topological polar surface area (TPSA) is 29.5 Å². The summed E-state index contributed by atoms with van der Waals surface area (Å²) < 4.78 is 19.3. The van der Waals surface area contributed by atoms with E-state index in [2.05, 4.69) is 18.9 Å². The van der Waals surface area contributed by atoms with Gasteiger partial charge >= 0.3 is 0 Å². The summed E-state index contributed by atoms with van der Waals surface area (Å²) >= 11 is 0. The van der Waals surface area contributed by atoms with Crippen LogP contribution in [0.4, 0.5) is 4.39 Å². The van der Waals surface area contributed by atoms with Gasteiger partial charge in [0.25, 0.3) is 0 Å². The molecule has 2 aliphatic heterocycles. The summed E-state index contributed by atoms with van der Waals surface area (Å²) in [5.74, 6) is 0.148. The number of rotatable bonds is 0. The van der Waals surface area contributed by atoms with E-state index in [0.29, 0.717) is 23.8 Å². The molecule has 102 valence electrons. The molecule has 0 aromatic heterocycles. The highest BCUT2D eigenvalue weighted by molar-refractivity contribution is 6.00. The van der Waals surface area contributed by atoms with E-state index in [1.165, 1.54) is 12.1 Å². The van der Waals surface area contributed by atoms with Gasteiger partial charge in [-0.05, 0) is 32.2 Å². The van der Waals surface area contributed by atoms with Gasteiger partial charge in [-0.15, -0.1) is 0 Å². The van der Waals surface area contributed by atoms with E-state index in [0.717, 1.165) is 19.4 Å². The number of benzene rings is 1. The second kappa shape index (κ2) is 4.30. The van der Waals surface area contributed by atoms with Crippen LogP contribution < -0.4 is 4.74 Å². The number of carbonyl (C=O) groups is 1. The Labute approximate surface area is 112 Å². The zero-order chi connectivity index (χ0) is 13.6. The maximum Gasteiger partial charge on any atom is 0.170 e. The number of nitrogens with zero attached hydrogens (tertiary/aromatic N) is 1. The molecule has 19 heavy (non-hydrogen) atoms. The number of halogens is 1. The SMILES string of the molecule is CC1CC2(CCN1C)CC(=O)c1cc(F)ccc1O2. The molecular weight excluding hydrogens is 245 g/mol. The Kier molecular flexibility index (Phi) is 2.86. The number of likely N-dealkylation sites (tertiary alicyclic amines) is 1. The van der Waals surface area contributed by atoms with Gasteiger partial charge < -0.3 is 9.64 Å². The molecular formula is C15H18FNO2. The number of piperidine rings is 1. The third-order valence-electron chi connectivity index (χ3n) is 4.39. The smallest absolute Gasteiger partial charge is 0.170 e. The minimum atomic E-state index is -0.395. The summed E-state index contributed by atoms with van der Waals surface area (Å²) in [6.07, 6.45) is 2.05. The predicted octanol–water partition coefficient (Wildman–Crippen LogP) is 2.64. The van der Waals surface area contributed by atoms with Crippen LogP contribution in [0.2, 0.25) is 0 Å². The van der Waals surface area contributed by atoms with Crippen molar-refractivity contribution in [3.8, 4) is 5.75 Å². The van der Waals surface area contributed by atoms with Crippen LogP contribution in [0.1, 0.15) is 36.5 Å². The van der Waals surface area contributed by atoms with Crippen molar-refractivity contribution < 1.29 is 13.9 Å². The Hall–Kier alpha value is -1.42. The van der Waals surface area contributed by atoms with E-state index in [-0.39, 0.29) is 11.6 Å². The van der Waals surface area contributed by atoms with Gasteiger partial charge in [-0.25, -0.2) is 4.39 Å². The van der Waals surface area contributed by atoms with Crippen molar-refractivity contribution in [1.82, 2.24) is 4.90 Å². The van der Waals surface area contributed by atoms with Crippen molar-refractivity contribution in [2.24, 2.45) is 0 Å². The molecule has 4 heteroatoms. The summed E-state index contributed by atoms with van der Waals surface area (Å²) in [6.45, 7) is 3.07. The largest absolute Gasteiger partial charge is 0.486 e. The molecule has 0 saturated carbocycles. The summed E-state index contributed by atoms with van der Waals surface area (Å²) in [5.41, 5.74) is -0.00870. The monoisotopic (exact) mass is 263 g/mol. The van der Waals surface area contributed by atoms with Gasteiger partial charge in [-0.2, -0.15) is 0 Å². The first-order valence-corrected chi connectivity index (χ1v) is 6.71. The van der Waals surface area contributed by atoms with Crippen molar-refractivity contribution >= 4 is 5.78 Å². The number of ketones is 1. The first-order valence-electron chi connectivity index (χ1n) is 6.71. The van der Waals surface area contributed by atoms with E-state index >= 15 is 0 Å². The van der Waals surface area contributed by atoms with E-state index in [1.54, 1.807) is 6.07 Å². The molecule has 3 nitrogen and oxygen atoms in total. The molecule has 2 atom stereocenters. The molecule has 0 bridgehead atoms. The van der Waals surface area contributed by atoms with Gasteiger partial charge in [-0.3, -0.25) is 4.79 Å². The number of fused-ring (bicyclic) bond motifs is 1. The van der Waals surface area contributed by atoms with Crippen LogP contribution in [-0.4, -0.2) is 35.9 Å². The molecule has 0 radical (unpaired) electrons. The highest BCUT2D eigenvalue weighted by Gasteiger charge is 2.44. The van der Waals surface area contributed by atoms with Crippen molar-refractivity contribution in [2.75, 3.05) is 13.6 Å². The maximum absolute atomic E-state index is 13.2. The van der Waals surface area contributed by atoms with Crippen LogP contribution in [0, 0.1) is 5.82 Å². The van der Waals surface area contributed by atoms with E-state index in [4.69, 9.17) is 4.74 Å². The Morgan fingerprint density at radius 2 is 2.26 bits per heavy atom. The van der Waals surface area contributed by atoms with Gasteiger partial charge in [0.2, 0.25) is 0 Å². The molecule has 1 aromatic carbocycles. The molecule has 0 amide bonds. The van der Waals surface area contributed by atoms with E-state index in [9.17, 15) is 9.18 Å². The lowest BCUT2D eigenvalue weighted by Gasteiger charge is -2.46. The fourth-order valence-electron chi connectivity index (χ4n) is 3.12. The van der Waals surface area contributed by atoms with Gasteiger partial charge in [0.15, 0.2) is 5.78 Å². The van der Waals surface area contributed by atoms with Gasteiger partial charge in [-0.1, -0.05) is 0 Å². The third kappa shape index (κ3) is 2.14. The molecule has 1 fully saturated rings. The maximum atomic E-state index is 13.2. The lowest BCUT2D eigenvalue weighted by Crippen LogP contribution is -2.53. The van der Waals surface area contributed by atoms with Crippen LogP contribution in [0.3, 0.4) is 0 Å². The van der Waals surface area contributed by atoms with Crippen LogP contribution in [0.15, 0.2) is 18.2 Å². The highest BCUT2D eigenvalue weighted by atomic mass is 19.1. The minimum Gasteiger partial charge on any atom is -0.486 e. The number of hydrogen-bond donors (Lipinski definition) is 0. The van der Waals surface area contributed by atoms with Crippen molar-refractivity contribution in [3.05, 3.63) is 29.6 Å². The van der Waals surface area contributed by atoms with Crippen LogP contribution in [0.25, 0.3) is 0 Å². The average Bonchev–Trinajstić information content (AvgIpc) is 2.36. The Balaban J connectivity index is 1.93. The zero-order valence-corrected chi connectivity index (χ0v) is 11.3. The van der Waals surface area contributed by atoms with Gasteiger partial charge in [0, 0.05) is 25.4 Å². The zero-order valence-electron chi connectivity index (χ0n) is 11.3. The standard InChI is InChI=1S/C15H18FNO2/c1-10-8-15(5-6-17(10)2)9-13(18)12-7-11(16)3-4-14(12)19-15/h3-4,7,10H,5-6,8-9H2,1-2H3. The number of carbonyl (C=O) groups excluding carboxylic acids is 1. The number of ether oxygens (including phenoxy) is 1. The second-order valence-electron chi connectivity index (χ2n) is 5.81. The fourth-order valence-corrected chi connectivity index (χ4v) is 3.12. The number of hydrogen-bond acceptors (Lipinski definition) is 3. The van der Waals surface area contributed by atoms with Crippen molar-refractivity contribution in [3.63, 3.8) is 0 Å². The summed E-state index contributed by atoms with van der Waals surface area (Å²) in [6, 6.07) is 4.60. The summed E-state index contributed by atoms with van der Waals surface area (Å²) in [4.78, 5) is 14.5. The van der Waals surface area contributed by atoms with Gasteiger partial charge in [0.1, 0.15) is 17.2 Å². The van der Waals surface area contributed by atoms with Crippen molar-refractivity contribution in [1.29, 1.82) is 0 Å². The molecule has 1 aromatic rings. The van der Waals surface area contributed by atoms with Crippen molar-refractivity contribution in [2.45, 2.75) is 37.8 Å². The third-order valence-corrected chi connectivity index (χ3v) is 4.39. The highest BCUT2D eigenvalue weighted by Crippen LogP contribution is 2.40. The molecule has 0 aliphatic carbocycles. The lowest BCUT2D eigenvalue weighted by atomic mass is 9.80. The summed E-state index contributed by atoms with van der Waals surface area (Å²) in [5, 5.41) is 0. The number of Topliss-reactive ketones (excluding diaryl/α,β-unsaturated/α-hetero) is 1. The Morgan fingerprint density at radius 1 is 1.47 bits per heavy atom. The quantitative estimate of drug-likeness (QED) is 0.720. The molecule has 2 heterocycles. The average molecular weight is 263 g/mol. The van der Waals surface area contributed by atoms with E-state index in [1.807, 2.05) is 0 Å². The Bertz CT molecular complexity index is 531. The van der Waals surface area contributed by atoms with Crippen LogP contribution in [0.5, 0.6) is 5.75 Å². The van der Waals surface area contributed by atoms with Crippen LogP contribution in [-0.2, 0) is 0 Å². The summed E-state index contributed by atoms with van der Waals surface area (Å²) in [7, 11) is 2.09. The lowest BCUT2D eigenvalue weighted by molar-refractivity contribution is -0.0228. The molecule has 2 aliphatic rings. The normalized spacial score (nSPS) is 31.1. The Morgan fingerprint density at radius 3 is 3.00 bits per heavy atom. The molecule has 1 saturated heterocycles. The minimum absolute atomic E-state index is 0.00231. The van der Waals surface area contributed by atoms with Crippen LogP contribution >= 0.6 is 0 Å². The second-order valence-corrected chi connectivity index (χ2v) is 5.81. The molecule has 3 rings (SSSR count). The van der Waals surface area contributed by atoms with E-state index < -0.39 is 5.60 Å². The van der Waals surface area contributed by atoms with Gasteiger partial charge in [0.05, 0.1) is 12.0 Å². The fraction of sp³-hybridized carbons (Fsp3) is 0.533.